The van der Waals surface area contributed by atoms with E-state index in [9.17, 15) is 4.79 Å². The van der Waals surface area contributed by atoms with Crippen molar-refractivity contribution in [2.75, 3.05) is 17.8 Å². The Morgan fingerprint density at radius 1 is 1.53 bits per heavy atom. The van der Waals surface area contributed by atoms with E-state index in [0.29, 0.717) is 0 Å². The first-order valence-electron chi connectivity index (χ1n) is 4.43. The van der Waals surface area contributed by atoms with Gasteiger partial charge in [-0.25, -0.2) is 4.98 Å². The number of aryl methyl sites for hydroxylation is 1. The van der Waals surface area contributed by atoms with E-state index in [0.717, 1.165) is 26.4 Å². The summed E-state index contributed by atoms with van der Waals surface area (Å²) in [6.45, 7) is 1.87. The lowest BCUT2D eigenvalue weighted by Crippen LogP contribution is -1.99. The third kappa shape index (κ3) is 4.44. The van der Waals surface area contributed by atoms with Crippen molar-refractivity contribution in [3.05, 3.63) is 10.6 Å². The minimum absolute atomic E-state index is 0.0899. The van der Waals surface area contributed by atoms with E-state index >= 15 is 0 Å². The smallest absolute Gasteiger partial charge is 0.308 e. The first kappa shape index (κ1) is 12.9. The van der Waals surface area contributed by atoms with Crippen LogP contribution in [0, 0.1) is 6.92 Å². The molecule has 0 amide bonds. The fourth-order valence-electron chi connectivity index (χ4n) is 0.977. The van der Waals surface area contributed by atoms with Crippen molar-refractivity contribution in [1.29, 1.82) is 0 Å². The predicted molar refractivity (Wildman–Crippen MR) is 67.3 cm³/mol. The van der Waals surface area contributed by atoms with Crippen LogP contribution in [0.5, 0.6) is 0 Å². The summed E-state index contributed by atoms with van der Waals surface area (Å²) < 4.78 is 0.984. The van der Waals surface area contributed by atoms with Crippen LogP contribution in [-0.4, -0.2) is 33.8 Å². The van der Waals surface area contributed by atoms with Crippen LogP contribution in [0.4, 0.5) is 0 Å². The molecular weight excluding hydrogens is 250 g/mol. The van der Waals surface area contributed by atoms with Gasteiger partial charge in [-0.1, -0.05) is 11.8 Å². The van der Waals surface area contributed by atoms with Crippen LogP contribution in [0.2, 0.25) is 0 Å². The normalized spacial score (nSPS) is 10.5. The fraction of sp³-hybridized carbons (Fsp3) is 0.556. The van der Waals surface area contributed by atoms with Gasteiger partial charge in [-0.05, 0) is 13.2 Å². The molecule has 0 bridgehead atoms. The second-order valence-corrected chi connectivity index (χ2v) is 6.31. The number of carboxylic acid groups (broad SMARTS) is 1. The summed E-state index contributed by atoms with van der Waals surface area (Å²) in [6.07, 6.45) is 2.16. The Morgan fingerprint density at radius 3 is 2.87 bits per heavy atom. The average Bonchev–Trinajstić information content (AvgIpc) is 2.47. The van der Waals surface area contributed by atoms with Gasteiger partial charge in [-0.2, -0.15) is 11.8 Å². The Hall–Kier alpha value is -0.200. The summed E-state index contributed by atoms with van der Waals surface area (Å²) in [5.74, 6) is 1.33. The van der Waals surface area contributed by atoms with Crippen molar-refractivity contribution in [2.24, 2.45) is 0 Å². The maximum Gasteiger partial charge on any atom is 0.308 e. The van der Waals surface area contributed by atoms with Crippen molar-refractivity contribution in [3.63, 3.8) is 0 Å². The number of aliphatic carboxylic acids is 1. The fourth-order valence-corrected chi connectivity index (χ4v) is 3.92. The average molecular weight is 263 g/mol. The Balaban J connectivity index is 2.56. The maximum atomic E-state index is 10.6. The summed E-state index contributed by atoms with van der Waals surface area (Å²) in [7, 11) is 0. The van der Waals surface area contributed by atoms with Crippen LogP contribution in [0.15, 0.2) is 4.34 Å². The third-order valence-electron chi connectivity index (χ3n) is 1.70. The van der Waals surface area contributed by atoms with Gasteiger partial charge in [-0.15, -0.1) is 11.3 Å². The Bertz CT molecular complexity index is 338. The topological polar surface area (TPSA) is 50.2 Å². The minimum atomic E-state index is -0.789. The number of aromatic nitrogens is 1. The molecule has 0 unspecified atom stereocenters. The van der Waals surface area contributed by atoms with Gasteiger partial charge in [-0.3, -0.25) is 4.79 Å². The highest BCUT2D eigenvalue weighted by atomic mass is 32.2. The van der Waals surface area contributed by atoms with Gasteiger partial charge in [0.25, 0.3) is 0 Å². The summed E-state index contributed by atoms with van der Waals surface area (Å²) >= 11 is 5.01. The first-order valence-corrected chi connectivity index (χ1v) is 7.63. The zero-order valence-corrected chi connectivity index (χ0v) is 11.1. The first-order chi connectivity index (χ1) is 7.13. The number of thiazole rings is 1. The molecule has 0 aliphatic heterocycles. The number of carboxylic acids is 1. The monoisotopic (exact) mass is 263 g/mol. The standard InChI is InChI=1S/C9H13NO2S3/c1-6-7(5-8(11)12)15-9(10-6)14-4-3-13-2/h3-5H2,1-2H3,(H,11,12). The van der Waals surface area contributed by atoms with E-state index in [4.69, 9.17) is 5.11 Å². The number of carbonyl (C=O) groups is 1. The minimum Gasteiger partial charge on any atom is -0.481 e. The summed E-state index contributed by atoms with van der Waals surface area (Å²) in [5.41, 5.74) is 0.856. The van der Waals surface area contributed by atoms with Crippen molar-refractivity contribution in [1.82, 2.24) is 4.98 Å². The Kier molecular flexibility index (Phi) is 5.49. The van der Waals surface area contributed by atoms with E-state index in [1.165, 1.54) is 11.3 Å². The van der Waals surface area contributed by atoms with Gasteiger partial charge in [0.15, 0.2) is 0 Å². The lowest BCUT2D eigenvalue weighted by atomic mass is 10.3. The molecule has 0 aromatic carbocycles. The highest BCUT2D eigenvalue weighted by Crippen LogP contribution is 2.27. The lowest BCUT2D eigenvalue weighted by Gasteiger charge is -1.93. The number of hydrogen-bond donors (Lipinski definition) is 1. The third-order valence-corrected chi connectivity index (χ3v) is 4.87. The van der Waals surface area contributed by atoms with Crippen LogP contribution in [0.1, 0.15) is 10.6 Å². The van der Waals surface area contributed by atoms with Crippen LogP contribution in [0.3, 0.4) is 0 Å². The molecule has 1 aromatic rings. The molecule has 1 heterocycles. The van der Waals surface area contributed by atoms with E-state index in [1.54, 1.807) is 23.5 Å². The number of hydrogen-bond acceptors (Lipinski definition) is 5. The number of thioether (sulfide) groups is 2. The quantitative estimate of drug-likeness (QED) is 0.631. The van der Waals surface area contributed by atoms with Crippen LogP contribution in [-0.2, 0) is 11.2 Å². The number of rotatable bonds is 6. The SMILES string of the molecule is CSCCSc1nc(C)c(CC(=O)O)s1. The van der Waals surface area contributed by atoms with Crippen LogP contribution < -0.4 is 0 Å². The molecule has 6 heteroatoms. The van der Waals surface area contributed by atoms with Crippen LogP contribution in [0.25, 0.3) is 0 Å². The van der Waals surface area contributed by atoms with E-state index in [1.807, 2.05) is 6.92 Å². The molecule has 15 heavy (non-hydrogen) atoms. The highest BCUT2D eigenvalue weighted by molar-refractivity contribution is 8.03. The molecule has 1 N–H and O–H groups in total. The summed E-state index contributed by atoms with van der Waals surface area (Å²) in [4.78, 5) is 15.8. The molecule has 0 aliphatic rings. The molecule has 0 aliphatic carbocycles. The maximum absolute atomic E-state index is 10.6. The Labute approximate surface area is 102 Å². The highest BCUT2D eigenvalue weighted by Gasteiger charge is 2.10. The van der Waals surface area contributed by atoms with Gasteiger partial charge < -0.3 is 5.11 Å². The van der Waals surface area contributed by atoms with Crippen LogP contribution >= 0.6 is 34.9 Å². The van der Waals surface area contributed by atoms with Gasteiger partial charge in [0.05, 0.1) is 12.1 Å². The predicted octanol–water partition coefficient (Wildman–Crippen LogP) is 2.53. The molecule has 0 saturated carbocycles. The Morgan fingerprint density at radius 2 is 2.27 bits per heavy atom. The molecule has 84 valence electrons. The van der Waals surface area contributed by atoms with Crippen molar-refractivity contribution in [2.45, 2.75) is 17.7 Å². The molecule has 1 aromatic heterocycles. The molecule has 3 nitrogen and oxygen atoms in total. The molecule has 0 spiro atoms. The van der Waals surface area contributed by atoms with E-state index in [-0.39, 0.29) is 6.42 Å². The van der Waals surface area contributed by atoms with Gasteiger partial charge >= 0.3 is 5.97 Å². The van der Waals surface area contributed by atoms with Crippen molar-refractivity contribution in [3.8, 4) is 0 Å². The lowest BCUT2D eigenvalue weighted by molar-refractivity contribution is -0.136. The van der Waals surface area contributed by atoms with Gasteiger partial charge in [0.1, 0.15) is 4.34 Å². The van der Waals surface area contributed by atoms with Crippen molar-refractivity contribution >= 4 is 40.8 Å². The second-order valence-electron chi connectivity index (χ2n) is 2.90. The second kappa shape index (κ2) is 6.40. The van der Waals surface area contributed by atoms with Crippen molar-refractivity contribution < 1.29 is 9.90 Å². The molecule has 0 saturated heterocycles. The largest absolute Gasteiger partial charge is 0.481 e. The summed E-state index contributed by atoms with van der Waals surface area (Å²) in [6, 6.07) is 0. The molecular formula is C9H13NO2S3. The zero-order chi connectivity index (χ0) is 11.3. The van der Waals surface area contributed by atoms with Gasteiger partial charge in [0.2, 0.25) is 0 Å². The molecule has 0 atom stereocenters. The zero-order valence-electron chi connectivity index (χ0n) is 8.65. The molecule has 1 rings (SSSR count). The summed E-state index contributed by atoms with van der Waals surface area (Å²) in [5, 5.41) is 8.68. The van der Waals surface area contributed by atoms with E-state index < -0.39 is 5.97 Å². The number of nitrogens with zero attached hydrogens (tertiary/aromatic N) is 1. The molecule has 0 fully saturated rings. The van der Waals surface area contributed by atoms with Gasteiger partial charge in [0, 0.05) is 16.4 Å². The molecule has 0 radical (unpaired) electrons. The van der Waals surface area contributed by atoms with E-state index in [2.05, 4.69) is 11.2 Å².